The van der Waals surface area contributed by atoms with Crippen molar-refractivity contribution in [3.05, 3.63) is 0 Å². The third kappa shape index (κ3) is 3.51. The predicted molar refractivity (Wildman–Crippen MR) is 66.0 cm³/mol. The molecule has 2 N–H and O–H groups in total. The average Bonchev–Trinajstić information content (AvgIpc) is 2.62. The Bertz CT molecular complexity index is 307. The fraction of sp³-hybridized carbons (Fsp3) is 0.833. The van der Waals surface area contributed by atoms with Gasteiger partial charge in [-0.1, -0.05) is 13.3 Å². The van der Waals surface area contributed by atoms with Gasteiger partial charge in [0.15, 0.2) is 0 Å². The van der Waals surface area contributed by atoms with E-state index < -0.39 is 11.6 Å². The first kappa shape index (κ1) is 14.1. The van der Waals surface area contributed by atoms with Gasteiger partial charge < -0.3 is 9.84 Å². The van der Waals surface area contributed by atoms with Crippen LogP contribution in [0.4, 0.5) is 0 Å². The summed E-state index contributed by atoms with van der Waals surface area (Å²) in [6.45, 7) is 7.41. The van der Waals surface area contributed by atoms with Crippen molar-refractivity contribution >= 4 is 11.7 Å². The number of carbonyl (C=O) groups excluding carboxylic acids is 1. The van der Waals surface area contributed by atoms with E-state index >= 15 is 0 Å². The second-order valence-corrected chi connectivity index (χ2v) is 4.73. The summed E-state index contributed by atoms with van der Waals surface area (Å²) >= 11 is 0. The lowest BCUT2D eigenvalue weighted by Crippen LogP contribution is -2.49. The molecule has 1 aliphatic rings. The Morgan fingerprint density at radius 3 is 2.65 bits per heavy atom. The summed E-state index contributed by atoms with van der Waals surface area (Å²) in [5, 5.41) is 13.1. The summed E-state index contributed by atoms with van der Waals surface area (Å²) in [5.74, 6) is -0.369. The fourth-order valence-electron chi connectivity index (χ4n) is 1.89. The molecule has 1 aliphatic heterocycles. The van der Waals surface area contributed by atoms with E-state index in [0.717, 1.165) is 12.8 Å². The maximum Gasteiger partial charge on any atom is 0.329 e. The Kier molecular flexibility index (Phi) is 4.65. The Morgan fingerprint density at radius 1 is 1.53 bits per heavy atom. The monoisotopic (exact) mass is 242 g/mol. The molecule has 98 valence electrons. The Labute approximate surface area is 102 Å². The number of nitrogens with one attached hydrogen (secondary N) is 1. The number of rotatable bonds is 5. The average molecular weight is 242 g/mol. The zero-order valence-corrected chi connectivity index (χ0v) is 11.0. The van der Waals surface area contributed by atoms with Crippen molar-refractivity contribution in [1.29, 1.82) is 0 Å². The fourth-order valence-corrected chi connectivity index (χ4v) is 1.89. The molecule has 0 radical (unpaired) electrons. The lowest BCUT2D eigenvalue weighted by atomic mass is 9.97. The van der Waals surface area contributed by atoms with Crippen LogP contribution in [0.1, 0.15) is 40.5 Å². The van der Waals surface area contributed by atoms with Crippen LogP contribution in [0.25, 0.3) is 0 Å². The molecule has 1 heterocycles. The third-order valence-electron chi connectivity index (χ3n) is 2.64. The largest absolute Gasteiger partial charge is 0.465 e. The van der Waals surface area contributed by atoms with Gasteiger partial charge in [-0.3, -0.25) is 10.3 Å². The van der Waals surface area contributed by atoms with Crippen LogP contribution < -0.4 is 5.32 Å². The van der Waals surface area contributed by atoms with Crippen LogP contribution in [0.5, 0.6) is 0 Å². The SMILES string of the molecule is CCCC1N=C(C(C)(C)O)C(C(=O)OCC)N1. The van der Waals surface area contributed by atoms with E-state index in [9.17, 15) is 9.90 Å². The van der Waals surface area contributed by atoms with Crippen molar-refractivity contribution in [2.24, 2.45) is 4.99 Å². The third-order valence-corrected chi connectivity index (χ3v) is 2.64. The number of aliphatic hydroxyl groups is 1. The maximum atomic E-state index is 11.8. The first-order valence-electron chi connectivity index (χ1n) is 6.13. The van der Waals surface area contributed by atoms with Crippen molar-refractivity contribution in [3.63, 3.8) is 0 Å². The molecular formula is C12H22N2O3. The highest BCUT2D eigenvalue weighted by Crippen LogP contribution is 2.19. The zero-order chi connectivity index (χ0) is 13.1. The van der Waals surface area contributed by atoms with Crippen LogP contribution >= 0.6 is 0 Å². The highest BCUT2D eigenvalue weighted by molar-refractivity contribution is 6.11. The van der Waals surface area contributed by atoms with Crippen LogP contribution in [0, 0.1) is 0 Å². The van der Waals surface area contributed by atoms with Gasteiger partial charge in [0.2, 0.25) is 0 Å². The van der Waals surface area contributed by atoms with E-state index in [1.165, 1.54) is 0 Å². The highest BCUT2D eigenvalue weighted by atomic mass is 16.5. The van der Waals surface area contributed by atoms with Crippen LogP contribution in [-0.2, 0) is 9.53 Å². The van der Waals surface area contributed by atoms with Gasteiger partial charge in [0, 0.05) is 0 Å². The minimum atomic E-state index is -1.10. The van der Waals surface area contributed by atoms with Gasteiger partial charge in [0.05, 0.1) is 17.9 Å². The summed E-state index contributed by atoms with van der Waals surface area (Å²) in [5.41, 5.74) is -0.637. The zero-order valence-electron chi connectivity index (χ0n) is 11.0. The Balaban J connectivity index is 2.84. The molecule has 5 heteroatoms. The first-order chi connectivity index (χ1) is 7.90. The lowest BCUT2D eigenvalue weighted by Gasteiger charge is -2.22. The van der Waals surface area contributed by atoms with Crippen molar-refractivity contribution in [2.45, 2.75) is 58.3 Å². The molecule has 1 rings (SSSR count). The normalized spacial score (nSPS) is 24.6. The summed E-state index contributed by atoms with van der Waals surface area (Å²) in [6, 6.07) is -0.619. The van der Waals surface area contributed by atoms with Gasteiger partial charge in [-0.15, -0.1) is 0 Å². The lowest BCUT2D eigenvalue weighted by molar-refractivity contribution is -0.143. The molecule has 0 aromatic heterocycles. The minimum absolute atomic E-state index is 0.101. The first-order valence-corrected chi connectivity index (χ1v) is 6.13. The predicted octanol–water partition coefficient (Wildman–Crippen LogP) is 0.859. The summed E-state index contributed by atoms with van der Waals surface area (Å²) < 4.78 is 4.98. The number of aliphatic imine (C=N–C) groups is 1. The van der Waals surface area contributed by atoms with E-state index in [0.29, 0.717) is 12.3 Å². The molecule has 2 unspecified atom stereocenters. The molecule has 5 nitrogen and oxygen atoms in total. The molecular weight excluding hydrogens is 220 g/mol. The van der Waals surface area contributed by atoms with Gasteiger partial charge >= 0.3 is 5.97 Å². The van der Waals surface area contributed by atoms with Crippen molar-refractivity contribution in [1.82, 2.24) is 5.32 Å². The number of esters is 1. The van der Waals surface area contributed by atoms with E-state index in [1.807, 2.05) is 0 Å². The topological polar surface area (TPSA) is 70.9 Å². The number of hydrogen-bond acceptors (Lipinski definition) is 5. The van der Waals surface area contributed by atoms with Crippen molar-refractivity contribution in [2.75, 3.05) is 6.61 Å². The molecule has 0 spiro atoms. The number of hydrogen-bond donors (Lipinski definition) is 2. The van der Waals surface area contributed by atoms with Crippen LogP contribution in [0.2, 0.25) is 0 Å². The molecule has 0 aliphatic carbocycles. The van der Waals surface area contributed by atoms with Gasteiger partial charge in [-0.2, -0.15) is 0 Å². The standard InChI is InChI=1S/C12H22N2O3/c1-5-7-8-13-9(11(15)17-6-2)10(14-8)12(3,4)16/h8-9,13,16H,5-7H2,1-4H3. The summed E-state index contributed by atoms with van der Waals surface area (Å²) in [7, 11) is 0. The number of ether oxygens (including phenoxy) is 1. The van der Waals surface area contributed by atoms with E-state index in [2.05, 4.69) is 17.2 Å². The molecule has 17 heavy (non-hydrogen) atoms. The molecule has 0 amide bonds. The molecule has 0 saturated carbocycles. The molecule has 0 saturated heterocycles. The molecule has 0 fully saturated rings. The maximum absolute atomic E-state index is 11.8. The molecule has 0 aromatic carbocycles. The van der Waals surface area contributed by atoms with E-state index in [1.54, 1.807) is 20.8 Å². The quantitative estimate of drug-likeness (QED) is 0.701. The smallest absolute Gasteiger partial charge is 0.329 e. The second-order valence-electron chi connectivity index (χ2n) is 4.73. The van der Waals surface area contributed by atoms with Crippen molar-refractivity contribution in [3.8, 4) is 0 Å². The van der Waals surface area contributed by atoms with E-state index in [4.69, 9.17) is 4.74 Å². The van der Waals surface area contributed by atoms with Gasteiger partial charge in [-0.25, -0.2) is 4.79 Å². The van der Waals surface area contributed by atoms with Crippen LogP contribution in [-0.4, -0.2) is 41.2 Å². The van der Waals surface area contributed by atoms with Crippen LogP contribution in [0.15, 0.2) is 4.99 Å². The van der Waals surface area contributed by atoms with Gasteiger partial charge in [0.1, 0.15) is 12.2 Å². The van der Waals surface area contributed by atoms with E-state index in [-0.39, 0.29) is 12.1 Å². The second kappa shape index (κ2) is 5.60. The van der Waals surface area contributed by atoms with Crippen LogP contribution in [0.3, 0.4) is 0 Å². The molecule has 0 bridgehead atoms. The van der Waals surface area contributed by atoms with Gasteiger partial charge in [0.25, 0.3) is 0 Å². The van der Waals surface area contributed by atoms with Gasteiger partial charge in [-0.05, 0) is 27.2 Å². The Hall–Kier alpha value is -0.940. The highest BCUT2D eigenvalue weighted by Gasteiger charge is 2.40. The number of nitrogens with zero attached hydrogens (tertiary/aromatic N) is 1. The number of carbonyl (C=O) groups is 1. The van der Waals surface area contributed by atoms with Crippen molar-refractivity contribution < 1.29 is 14.6 Å². The molecule has 2 atom stereocenters. The summed E-state index contributed by atoms with van der Waals surface area (Å²) in [6.07, 6.45) is 1.71. The molecule has 0 aromatic rings. The minimum Gasteiger partial charge on any atom is -0.465 e. The summed E-state index contributed by atoms with van der Waals surface area (Å²) in [4.78, 5) is 16.2. The Morgan fingerprint density at radius 2 is 2.18 bits per heavy atom.